The van der Waals surface area contributed by atoms with Crippen LogP contribution in [0, 0.1) is 0 Å². The summed E-state index contributed by atoms with van der Waals surface area (Å²) >= 11 is 0. The molecule has 0 N–H and O–H groups in total. The van der Waals surface area contributed by atoms with Gasteiger partial charge in [-0.25, -0.2) is 0 Å². The van der Waals surface area contributed by atoms with Crippen LogP contribution in [0.25, 0.3) is 12.2 Å². The van der Waals surface area contributed by atoms with E-state index in [-0.39, 0.29) is 12.4 Å². The van der Waals surface area contributed by atoms with E-state index in [9.17, 15) is 0 Å². The topological polar surface area (TPSA) is 3.24 Å². The second-order valence-electron chi connectivity index (χ2n) is 3.57. The Labute approximate surface area is 98.5 Å². The summed E-state index contributed by atoms with van der Waals surface area (Å²) in [6.07, 6.45) is 3.77. The van der Waals surface area contributed by atoms with Crippen LogP contribution in [0.5, 0.6) is 0 Å². The molecule has 0 bridgehead atoms. The number of benzene rings is 1. The van der Waals surface area contributed by atoms with Crippen LogP contribution in [-0.2, 0) is 6.54 Å². The van der Waals surface area contributed by atoms with Gasteiger partial charge in [-0.05, 0) is 30.8 Å². The molecule has 1 nitrogen and oxygen atoms in total. The van der Waals surface area contributed by atoms with E-state index in [0.717, 1.165) is 12.1 Å². The van der Waals surface area contributed by atoms with E-state index in [1.165, 1.54) is 11.1 Å². The highest BCUT2D eigenvalue weighted by Gasteiger charge is 2.03. The third-order valence-electron chi connectivity index (χ3n) is 2.14. The molecule has 0 fully saturated rings. The van der Waals surface area contributed by atoms with E-state index in [1.807, 2.05) is 12.2 Å². The largest absolute Gasteiger partial charge is 0.305 e. The van der Waals surface area contributed by atoms with Gasteiger partial charge in [0.15, 0.2) is 0 Å². The summed E-state index contributed by atoms with van der Waals surface area (Å²) in [5, 5.41) is 0. The van der Waals surface area contributed by atoms with Crippen molar-refractivity contribution >= 4 is 24.6 Å². The van der Waals surface area contributed by atoms with Gasteiger partial charge in [-0.2, -0.15) is 0 Å². The van der Waals surface area contributed by atoms with Gasteiger partial charge in [-0.3, -0.25) is 0 Å². The highest BCUT2D eigenvalue weighted by molar-refractivity contribution is 5.85. The average Bonchev–Trinajstić information content (AvgIpc) is 2.16. The molecule has 82 valence electrons. The first kappa shape index (κ1) is 13.9. The van der Waals surface area contributed by atoms with Crippen molar-refractivity contribution in [3.63, 3.8) is 0 Å². The fraction of sp³-hybridized carbons (Fsp3) is 0.231. The summed E-state index contributed by atoms with van der Waals surface area (Å²) in [5.74, 6) is 0. The monoisotopic (exact) mass is 223 g/mol. The van der Waals surface area contributed by atoms with Gasteiger partial charge in [0.1, 0.15) is 0 Å². The van der Waals surface area contributed by atoms with Crippen molar-refractivity contribution < 1.29 is 0 Å². The van der Waals surface area contributed by atoms with Gasteiger partial charge in [0.25, 0.3) is 0 Å². The van der Waals surface area contributed by atoms with Gasteiger partial charge in [0, 0.05) is 6.54 Å². The second-order valence-corrected chi connectivity index (χ2v) is 3.57. The van der Waals surface area contributed by atoms with Crippen molar-refractivity contribution in [3.05, 3.63) is 48.0 Å². The third-order valence-corrected chi connectivity index (χ3v) is 2.14. The Hall–Kier alpha value is -1.05. The van der Waals surface area contributed by atoms with Crippen molar-refractivity contribution in [2.45, 2.75) is 6.54 Å². The molecule has 1 aromatic rings. The first-order valence-corrected chi connectivity index (χ1v) is 4.70. The van der Waals surface area contributed by atoms with Crippen LogP contribution in [0.2, 0.25) is 0 Å². The number of nitrogens with zero attached hydrogens (tertiary/aromatic N) is 1. The Bertz CT molecular complexity index is 342. The molecular formula is C13H18ClN. The minimum absolute atomic E-state index is 0. The van der Waals surface area contributed by atoms with E-state index >= 15 is 0 Å². The highest BCUT2D eigenvalue weighted by atomic mass is 35.5. The summed E-state index contributed by atoms with van der Waals surface area (Å²) in [6.45, 7) is 8.57. The SMILES string of the molecule is C=Cc1cccc(CN(C)C)c1C=C.Cl. The molecule has 15 heavy (non-hydrogen) atoms. The quantitative estimate of drug-likeness (QED) is 0.756. The number of halogens is 1. The van der Waals surface area contributed by atoms with E-state index < -0.39 is 0 Å². The Balaban J connectivity index is 0.00000196. The molecule has 1 aromatic carbocycles. The lowest BCUT2D eigenvalue weighted by atomic mass is 10.0. The van der Waals surface area contributed by atoms with Crippen LogP contribution in [0.4, 0.5) is 0 Å². The van der Waals surface area contributed by atoms with Crippen molar-refractivity contribution in [2.24, 2.45) is 0 Å². The molecule has 0 saturated carbocycles. The van der Waals surface area contributed by atoms with Gasteiger partial charge in [-0.1, -0.05) is 43.5 Å². The molecular weight excluding hydrogens is 206 g/mol. The maximum absolute atomic E-state index is 3.84. The minimum atomic E-state index is 0. The van der Waals surface area contributed by atoms with E-state index in [2.05, 4.69) is 50.4 Å². The lowest BCUT2D eigenvalue weighted by Gasteiger charge is -2.13. The Kier molecular flexibility index (Phi) is 5.99. The van der Waals surface area contributed by atoms with E-state index in [4.69, 9.17) is 0 Å². The maximum Gasteiger partial charge on any atom is 0.0233 e. The van der Waals surface area contributed by atoms with Gasteiger partial charge in [0.2, 0.25) is 0 Å². The number of hydrogen-bond acceptors (Lipinski definition) is 1. The highest BCUT2D eigenvalue weighted by Crippen LogP contribution is 2.18. The molecule has 0 aromatic heterocycles. The summed E-state index contributed by atoms with van der Waals surface area (Å²) < 4.78 is 0. The van der Waals surface area contributed by atoms with Crippen LogP contribution in [0.3, 0.4) is 0 Å². The molecule has 0 saturated heterocycles. The lowest BCUT2D eigenvalue weighted by molar-refractivity contribution is 0.402. The zero-order valence-corrected chi connectivity index (χ0v) is 10.2. The first-order valence-electron chi connectivity index (χ1n) is 4.70. The van der Waals surface area contributed by atoms with Crippen LogP contribution >= 0.6 is 12.4 Å². The van der Waals surface area contributed by atoms with Gasteiger partial charge in [-0.15, -0.1) is 12.4 Å². The lowest BCUT2D eigenvalue weighted by Crippen LogP contribution is -2.11. The molecule has 0 radical (unpaired) electrons. The second kappa shape index (κ2) is 6.44. The van der Waals surface area contributed by atoms with Crippen molar-refractivity contribution in [1.82, 2.24) is 4.90 Å². The van der Waals surface area contributed by atoms with Crippen LogP contribution in [0.15, 0.2) is 31.4 Å². The van der Waals surface area contributed by atoms with Crippen molar-refractivity contribution in [1.29, 1.82) is 0 Å². The molecule has 0 aliphatic carbocycles. The summed E-state index contributed by atoms with van der Waals surface area (Å²) in [7, 11) is 4.13. The molecule has 2 heteroatoms. The molecule has 1 rings (SSSR count). The molecule has 0 unspecified atom stereocenters. The molecule has 0 spiro atoms. The molecule has 0 amide bonds. The third kappa shape index (κ3) is 3.54. The molecule has 0 aliphatic heterocycles. The zero-order chi connectivity index (χ0) is 10.6. The van der Waals surface area contributed by atoms with Crippen LogP contribution < -0.4 is 0 Å². The minimum Gasteiger partial charge on any atom is -0.305 e. The molecule has 0 aliphatic rings. The van der Waals surface area contributed by atoms with Crippen molar-refractivity contribution in [2.75, 3.05) is 14.1 Å². The van der Waals surface area contributed by atoms with Crippen molar-refractivity contribution in [3.8, 4) is 0 Å². The van der Waals surface area contributed by atoms with E-state index in [0.29, 0.717) is 0 Å². The molecule has 0 heterocycles. The average molecular weight is 224 g/mol. The fourth-order valence-corrected chi connectivity index (χ4v) is 1.54. The smallest absolute Gasteiger partial charge is 0.0233 e. The predicted molar refractivity (Wildman–Crippen MR) is 71.3 cm³/mol. The Morgan fingerprint density at radius 1 is 1.20 bits per heavy atom. The van der Waals surface area contributed by atoms with Gasteiger partial charge >= 0.3 is 0 Å². The van der Waals surface area contributed by atoms with Crippen LogP contribution in [-0.4, -0.2) is 19.0 Å². The number of rotatable bonds is 4. The molecule has 0 atom stereocenters. The maximum atomic E-state index is 3.84. The Morgan fingerprint density at radius 3 is 2.33 bits per heavy atom. The standard InChI is InChI=1S/C13H17N.ClH/c1-5-11-8-7-9-12(10-14(3)4)13(11)6-2;/h5-9H,1-2,10H2,3-4H3;1H. The van der Waals surface area contributed by atoms with Gasteiger partial charge < -0.3 is 4.90 Å². The van der Waals surface area contributed by atoms with E-state index in [1.54, 1.807) is 0 Å². The zero-order valence-electron chi connectivity index (χ0n) is 9.36. The fourth-order valence-electron chi connectivity index (χ4n) is 1.54. The van der Waals surface area contributed by atoms with Gasteiger partial charge in [0.05, 0.1) is 0 Å². The summed E-state index contributed by atoms with van der Waals surface area (Å²) in [5.41, 5.74) is 3.64. The summed E-state index contributed by atoms with van der Waals surface area (Å²) in [6, 6.07) is 6.25. The van der Waals surface area contributed by atoms with Crippen LogP contribution in [0.1, 0.15) is 16.7 Å². The predicted octanol–water partition coefficient (Wildman–Crippen LogP) is 3.46. The first-order chi connectivity index (χ1) is 6.69. The normalized spacial score (nSPS) is 9.53. The number of hydrogen-bond donors (Lipinski definition) is 0. The Morgan fingerprint density at radius 2 is 1.87 bits per heavy atom. The summed E-state index contributed by atoms with van der Waals surface area (Å²) in [4.78, 5) is 2.15.